The molecule has 1 rings (SSSR count). The maximum atomic E-state index is 11.5. The van der Waals surface area contributed by atoms with Gasteiger partial charge in [0.15, 0.2) is 0 Å². The highest BCUT2D eigenvalue weighted by atomic mass is 16.5. The van der Waals surface area contributed by atoms with Gasteiger partial charge in [-0.1, -0.05) is 44.3 Å². The first-order valence-corrected chi connectivity index (χ1v) is 8.49. The van der Waals surface area contributed by atoms with Crippen LogP contribution in [0.2, 0.25) is 0 Å². The van der Waals surface area contributed by atoms with Crippen LogP contribution in [-0.2, 0) is 14.3 Å². The molecule has 24 heavy (non-hydrogen) atoms. The molecule has 0 fully saturated rings. The summed E-state index contributed by atoms with van der Waals surface area (Å²) in [5.41, 5.74) is 0.841. The molecular weight excluding hydrogens is 310 g/mol. The first-order valence-electron chi connectivity index (χ1n) is 8.49. The lowest BCUT2D eigenvalue weighted by atomic mass is 10.1. The normalized spacial score (nSPS) is 15.4. The molecule has 0 aromatic carbocycles. The van der Waals surface area contributed by atoms with Crippen LogP contribution >= 0.6 is 0 Å². The Morgan fingerprint density at radius 3 is 2.71 bits per heavy atom. The van der Waals surface area contributed by atoms with Crippen LogP contribution in [0.3, 0.4) is 0 Å². The summed E-state index contributed by atoms with van der Waals surface area (Å²) in [6.45, 7) is 5.11. The second-order valence-corrected chi connectivity index (χ2v) is 5.77. The molecule has 1 heterocycles. The summed E-state index contributed by atoms with van der Waals surface area (Å²) in [5, 5.41) is 18.4. The predicted molar refractivity (Wildman–Crippen MR) is 90.2 cm³/mol. The molecule has 7 heteroatoms. The van der Waals surface area contributed by atoms with Crippen LogP contribution in [0.1, 0.15) is 52.4 Å². The number of rotatable bonds is 11. The van der Waals surface area contributed by atoms with Crippen LogP contribution in [0.5, 0.6) is 0 Å². The van der Waals surface area contributed by atoms with Gasteiger partial charge in [0.05, 0.1) is 6.54 Å². The van der Waals surface area contributed by atoms with Gasteiger partial charge in [-0.2, -0.15) is 5.11 Å². The number of carboxylic acids is 1. The number of hydrogen-bond donors (Lipinski definition) is 1. The van der Waals surface area contributed by atoms with Gasteiger partial charge >= 0.3 is 11.9 Å². The molecule has 0 saturated heterocycles. The molecule has 0 aromatic rings. The second-order valence-electron chi connectivity index (χ2n) is 5.77. The van der Waals surface area contributed by atoms with Gasteiger partial charge in [-0.15, -0.1) is 0 Å². The number of ether oxygens (including phenoxy) is 1. The molecule has 0 saturated carbocycles. The Hall–Kier alpha value is -2.18. The molecule has 1 aliphatic heterocycles. The van der Waals surface area contributed by atoms with E-state index in [9.17, 15) is 9.59 Å². The number of esters is 1. The van der Waals surface area contributed by atoms with Crippen molar-refractivity contribution in [2.75, 3.05) is 13.1 Å². The van der Waals surface area contributed by atoms with Gasteiger partial charge in [-0.3, -0.25) is 5.01 Å². The van der Waals surface area contributed by atoms with Crippen molar-refractivity contribution in [3.05, 3.63) is 23.9 Å². The van der Waals surface area contributed by atoms with E-state index in [4.69, 9.17) is 9.84 Å². The second kappa shape index (κ2) is 11.4. The number of carbonyl (C=O) groups is 2. The van der Waals surface area contributed by atoms with Gasteiger partial charge in [0.1, 0.15) is 6.10 Å². The fourth-order valence-electron chi connectivity index (χ4n) is 2.28. The van der Waals surface area contributed by atoms with E-state index < -0.39 is 18.0 Å². The summed E-state index contributed by atoms with van der Waals surface area (Å²) in [4.78, 5) is 21.9. The van der Waals surface area contributed by atoms with Crippen molar-refractivity contribution in [1.29, 1.82) is 0 Å². The van der Waals surface area contributed by atoms with Gasteiger partial charge in [0.2, 0.25) is 0 Å². The fraction of sp³-hybridized carbons (Fsp3) is 0.647. The minimum atomic E-state index is -1.18. The Bertz CT molecular complexity index is 500. The van der Waals surface area contributed by atoms with Crippen molar-refractivity contribution >= 4 is 11.9 Å². The molecule has 1 N–H and O–H groups in total. The summed E-state index contributed by atoms with van der Waals surface area (Å²) in [7, 11) is 0. The minimum absolute atomic E-state index is 0.379. The average molecular weight is 337 g/mol. The molecule has 1 aliphatic rings. The lowest BCUT2D eigenvalue weighted by molar-refractivity contribution is -0.141. The topological polar surface area (TPSA) is 91.6 Å². The Labute approximate surface area is 143 Å². The molecule has 0 spiro atoms. The monoisotopic (exact) mass is 337 g/mol. The third-order valence-electron chi connectivity index (χ3n) is 3.66. The van der Waals surface area contributed by atoms with Crippen LogP contribution < -0.4 is 0 Å². The first kappa shape index (κ1) is 19.9. The number of carboxylic acid groups (broad SMARTS) is 1. The quantitative estimate of drug-likeness (QED) is 0.354. The zero-order valence-corrected chi connectivity index (χ0v) is 14.5. The minimum Gasteiger partial charge on any atom is -0.478 e. The molecule has 0 amide bonds. The summed E-state index contributed by atoms with van der Waals surface area (Å²) >= 11 is 0. The SMILES string of the molecule is CCCCCCCCN1C=C(C(C)OC(=O)C=CC(=O)O)CN=N1. The molecule has 0 radical (unpaired) electrons. The van der Waals surface area contributed by atoms with E-state index in [2.05, 4.69) is 17.3 Å². The summed E-state index contributed by atoms with van der Waals surface area (Å²) in [5.74, 6) is -1.87. The Morgan fingerprint density at radius 2 is 2.00 bits per heavy atom. The Balaban J connectivity index is 2.37. The first-order chi connectivity index (χ1) is 11.5. The largest absolute Gasteiger partial charge is 0.478 e. The highest BCUT2D eigenvalue weighted by molar-refractivity contribution is 5.90. The van der Waals surface area contributed by atoms with Crippen molar-refractivity contribution in [2.45, 2.75) is 58.5 Å². The van der Waals surface area contributed by atoms with Gasteiger partial charge in [-0.05, 0) is 13.3 Å². The van der Waals surface area contributed by atoms with E-state index in [-0.39, 0.29) is 0 Å². The van der Waals surface area contributed by atoms with Crippen LogP contribution in [0, 0.1) is 0 Å². The highest BCUT2D eigenvalue weighted by Gasteiger charge is 2.17. The van der Waals surface area contributed by atoms with E-state index in [1.165, 1.54) is 32.1 Å². The zero-order chi connectivity index (χ0) is 17.8. The van der Waals surface area contributed by atoms with Crippen molar-refractivity contribution in [2.24, 2.45) is 10.3 Å². The summed E-state index contributed by atoms with van der Waals surface area (Å²) in [6.07, 6.45) is 10.3. The van der Waals surface area contributed by atoms with Gasteiger partial charge in [-0.25, -0.2) is 9.59 Å². The molecule has 134 valence electrons. The van der Waals surface area contributed by atoms with Crippen molar-refractivity contribution in [1.82, 2.24) is 5.01 Å². The molecule has 1 atom stereocenters. The molecule has 0 aliphatic carbocycles. The molecule has 7 nitrogen and oxygen atoms in total. The fourth-order valence-corrected chi connectivity index (χ4v) is 2.28. The summed E-state index contributed by atoms with van der Waals surface area (Å²) < 4.78 is 5.17. The average Bonchev–Trinajstić information content (AvgIpc) is 2.56. The third kappa shape index (κ3) is 8.45. The lowest BCUT2D eigenvalue weighted by Gasteiger charge is -2.22. The van der Waals surface area contributed by atoms with Crippen LogP contribution in [0.15, 0.2) is 34.3 Å². The molecule has 0 bridgehead atoms. The van der Waals surface area contributed by atoms with Crippen LogP contribution in [0.25, 0.3) is 0 Å². The smallest absolute Gasteiger partial charge is 0.331 e. The van der Waals surface area contributed by atoms with Crippen molar-refractivity contribution in [3.63, 3.8) is 0 Å². The Morgan fingerprint density at radius 1 is 1.29 bits per heavy atom. The van der Waals surface area contributed by atoms with Crippen molar-refractivity contribution < 1.29 is 19.4 Å². The molecule has 0 aromatic heterocycles. The van der Waals surface area contributed by atoms with Gasteiger partial charge in [0.25, 0.3) is 0 Å². The third-order valence-corrected chi connectivity index (χ3v) is 3.66. The van der Waals surface area contributed by atoms with Gasteiger partial charge < -0.3 is 9.84 Å². The number of carbonyl (C=O) groups excluding carboxylic acids is 1. The van der Waals surface area contributed by atoms with Gasteiger partial charge in [0, 0.05) is 30.5 Å². The van der Waals surface area contributed by atoms with E-state index in [1.54, 1.807) is 11.9 Å². The molecule has 1 unspecified atom stereocenters. The maximum absolute atomic E-state index is 11.5. The number of nitrogens with zero attached hydrogens (tertiary/aromatic N) is 3. The van der Waals surface area contributed by atoms with E-state index in [1.807, 2.05) is 6.20 Å². The number of unbranched alkanes of at least 4 members (excludes halogenated alkanes) is 5. The van der Waals surface area contributed by atoms with E-state index in [0.717, 1.165) is 30.7 Å². The lowest BCUT2D eigenvalue weighted by Crippen LogP contribution is -2.23. The van der Waals surface area contributed by atoms with Crippen molar-refractivity contribution in [3.8, 4) is 0 Å². The van der Waals surface area contributed by atoms with Crippen LogP contribution in [-0.4, -0.2) is 41.2 Å². The standard InChI is InChI=1S/C17H27N3O4/c1-3-4-5-6-7-8-11-20-13-15(12-18-19-20)14(2)24-17(23)10-9-16(21)22/h9-10,13-14H,3-8,11-12H2,1-2H3,(H,21,22). The zero-order valence-electron chi connectivity index (χ0n) is 14.5. The number of hydrogen-bond acceptors (Lipinski definition) is 6. The predicted octanol–water partition coefficient (Wildman–Crippen LogP) is 3.49. The highest BCUT2D eigenvalue weighted by Crippen LogP contribution is 2.15. The molecular formula is C17H27N3O4. The number of aliphatic carboxylic acids is 1. The van der Waals surface area contributed by atoms with E-state index >= 15 is 0 Å². The van der Waals surface area contributed by atoms with Crippen LogP contribution in [0.4, 0.5) is 0 Å². The Kier molecular flexibility index (Phi) is 9.41. The van der Waals surface area contributed by atoms with E-state index in [0.29, 0.717) is 6.54 Å². The summed E-state index contributed by atoms with van der Waals surface area (Å²) in [6, 6.07) is 0. The maximum Gasteiger partial charge on any atom is 0.331 e.